The summed E-state index contributed by atoms with van der Waals surface area (Å²) in [5, 5.41) is 8.71. The van der Waals surface area contributed by atoms with Crippen molar-refractivity contribution in [2.24, 2.45) is 7.05 Å². The zero-order chi connectivity index (χ0) is 16.8. The van der Waals surface area contributed by atoms with Crippen LogP contribution in [0.1, 0.15) is 24.8 Å². The second-order valence-corrected chi connectivity index (χ2v) is 7.95. The van der Waals surface area contributed by atoms with Gasteiger partial charge in [0.15, 0.2) is 5.58 Å². The van der Waals surface area contributed by atoms with E-state index in [9.17, 15) is 13.2 Å². The number of anilines is 1. The van der Waals surface area contributed by atoms with Gasteiger partial charge in [0, 0.05) is 19.0 Å². The number of aryl methyl sites for hydroxylation is 1. The molecular formula is C13H14N4O4S2. The van der Waals surface area contributed by atoms with E-state index < -0.39 is 15.8 Å². The molecule has 0 aliphatic carbocycles. The summed E-state index contributed by atoms with van der Waals surface area (Å²) in [6, 6.07) is 4.24. The minimum Gasteiger partial charge on any atom is -0.408 e. The van der Waals surface area contributed by atoms with Gasteiger partial charge in [0.25, 0.3) is 10.0 Å². The van der Waals surface area contributed by atoms with Gasteiger partial charge in [-0.25, -0.2) is 13.2 Å². The van der Waals surface area contributed by atoms with Crippen LogP contribution in [0, 0.1) is 0 Å². The number of hydrogen-bond acceptors (Lipinski definition) is 7. The Hall–Kier alpha value is -2.20. The molecule has 2 heterocycles. The quantitative estimate of drug-likeness (QED) is 0.767. The minimum atomic E-state index is -3.83. The number of oxazole rings is 1. The van der Waals surface area contributed by atoms with Crippen molar-refractivity contribution in [3.8, 4) is 0 Å². The molecule has 0 amide bonds. The largest absolute Gasteiger partial charge is 0.419 e. The smallest absolute Gasteiger partial charge is 0.408 e. The molecule has 0 saturated heterocycles. The van der Waals surface area contributed by atoms with Crippen LogP contribution in [0.5, 0.6) is 0 Å². The molecule has 0 bridgehead atoms. The van der Waals surface area contributed by atoms with E-state index in [1.165, 1.54) is 34.1 Å². The highest BCUT2D eigenvalue weighted by atomic mass is 32.2. The number of rotatable bonds is 4. The summed E-state index contributed by atoms with van der Waals surface area (Å²) in [5.74, 6) is -0.381. The van der Waals surface area contributed by atoms with Gasteiger partial charge >= 0.3 is 5.76 Å². The van der Waals surface area contributed by atoms with Crippen LogP contribution < -0.4 is 10.5 Å². The third-order valence-corrected chi connectivity index (χ3v) is 5.84. The van der Waals surface area contributed by atoms with Crippen molar-refractivity contribution >= 4 is 37.6 Å². The monoisotopic (exact) mass is 354 g/mol. The summed E-state index contributed by atoms with van der Waals surface area (Å²) in [4.78, 5) is 11.5. The van der Waals surface area contributed by atoms with Crippen molar-refractivity contribution in [2.45, 2.75) is 24.7 Å². The topological polar surface area (TPSA) is 107 Å². The zero-order valence-corrected chi connectivity index (χ0v) is 14.2. The Labute approximate surface area is 135 Å². The highest BCUT2D eigenvalue weighted by Gasteiger charge is 2.19. The first kappa shape index (κ1) is 15.7. The fraction of sp³-hybridized carbons (Fsp3) is 0.308. The van der Waals surface area contributed by atoms with Gasteiger partial charge in [0.2, 0.25) is 5.13 Å². The number of nitrogens with one attached hydrogen (secondary N) is 1. The molecule has 0 saturated carbocycles. The number of sulfonamides is 1. The molecule has 0 aliphatic rings. The van der Waals surface area contributed by atoms with Crippen molar-refractivity contribution in [1.82, 2.24) is 14.8 Å². The molecule has 0 unspecified atom stereocenters. The van der Waals surface area contributed by atoms with Crippen LogP contribution in [-0.2, 0) is 17.1 Å². The van der Waals surface area contributed by atoms with Gasteiger partial charge in [-0.05, 0) is 12.1 Å². The standard InChI is InChI=1S/C13H14N4O4S2/c1-7(2)11-14-15-12(22-11)16-23(19,20)8-4-5-9-10(6-8)21-13(18)17(9)3/h4-7H,1-3H3,(H,15,16). The van der Waals surface area contributed by atoms with Gasteiger partial charge < -0.3 is 4.42 Å². The van der Waals surface area contributed by atoms with Crippen molar-refractivity contribution in [1.29, 1.82) is 0 Å². The van der Waals surface area contributed by atoms with Crippen LogP contribution in [0.15, 0.2) is 32.3 Å². The van der Waals surface area contributed by atoms with E-state index in [1.54, 1.807) is 7.05 Å². The molecule has 1 N–H and O–H groups in total. The van der Waals surface area contributed by atoms with E-state index in [-0.39, 0.29) is 21.5 Å². The molecule has 3 rings (SSSR count). The first-order valence-corrected chi connectivity index (χ1v) is 9.03. The third kappa shape index (κ3) is 2.86. The molecule has 1 aromatic carbocycles. The van der Waals surface area contributed by atoms with E-state index in [0.717, 1.165) is 5.01 Å². The number of aromatic nitrogens is 3. The Morgan fingerprint density at radius 3 is 2.70 bits per heavy atom. The van der Waals surface area contributed by atoms with Crippen molar-refractivity contribution in [3.63, 3.8) is 0 Å². The van der Waals surface area contributed by atoms with Crippen LogP contribution in [0.4, 0.5) is 5.13 Å². The van der Waals surface area contributed by atoms with E-state index in [0.29, 0.717) is 5.52 Å². The SMILES string of the molecule is CC(C)c1nnc(NS(=O)(=O)c2ccc3c(c2)oc(=O)n3C)s1. The number of fused-ring (bicyclic) bond motifs is 1. The van der Waals surface area contributed by atoms with E-state index in [1.807, 2.05) is 13.8 Å². The maximum Gasteiger partial charge on any atom is 0.419 e. The molecule has 2 aromatic heterocycles. The highest BCUT2D eigenvalue weighted by Crippen LogP contribution is 2.25. The van der Waals surface area contributed by atoms with Crippen LogP contribution in [-0.4, -0.2) is 23.2 Å². The lowest BCUT2D eigenvalue weighted by atomic mass is 10.2. The fourth-order valence-corrected chi connectivity index (χ4v) is 3.96. The third-order valence-electron chi connectivity index (χ3n) is 3.23. The summed E-state index contributed by atoms with van der Waals surface area (Å²) in [6.45, 7) is 3.90. The number of hydrogen-bond donors (Lipinski definition) is 1. The predicted octanol–water partition coefficient (Wildman–Crippen LogP) is 1.91. The van der Waals surface area contributed by atoms with E-state index in [4.69, 9.17) is 4.42 Å². The lowest BCUT2D eigenvalue weighted by molar-refractivity contribution is 0.527. The van der Waals surface area contributed by atoms with Crippen LogP contribution in [0.3, 0.4) is 0 Å². The Balaban J connectivity index is 1.96. The molecule has 23 heavy (non-hydrogen) atoms. The minimum absolute atomic E-state index is 0.0133. The van der Waals surface area contributed by atoms with Gasteiger partial charge in [-0.15, -0.1) is 10.2 Å². The fourth-order valence-electron chi connectivity index (χ4n) is 1.96. The summed E-state index contributed by atoms with van der Waals surface area (Å²) >= 11 is 1.18. The molecule has 0 fully saturated rings. The van der Waals surface area contributed by atoms with Crippen molar-refractivity contribution in [3.05, 3.63) is 33.8 Å². The normalized spacial score (nSPS) is 12.2. The highest BCUT2D eigenvalue weighted by molar-refractivity contribution is 7.93. The second-order valence-electron chi connectivity index (χ2n) is 5.26. The molecular weight excluding hydrogens is 340 g/mol. The average Bonchev–Trinajstić information content (AvgIpc) is 3.04. The number of nitrogens with zero attached hydrogens (tertiary/aromatic N) is 3. The van der Waals surface area contributed by atoms with Gasteiger partial charge in [0.1, 0.15) is 5.01 Å². The maximum atomic E-state index is 12.4. The first-order chi connectivity index (χ1) is 10.8. The predicted molar refractivity (Wildman–Crippen MR) is 86.3 cm³/mol. The Morgan fingerprint density at radius 2 is 2.04 bits per heavy atom. The van der Waals surface area contributed by atoms with Crippen LogP contribution >= 0.6 is 11.3 Å². The molecule has 122 valence electrons. The van der Waals surface area contributed by atoms with Gasteiger partial charge in [-0.1, -0.05) is 25.2 Å². The summed E-state index contributed by atoms with van der Waals surface area (Å²) < 4.78 is 33.5. The molecule has 10 heteroatoms. The lowest BCUT2D eigenvalue weighted by Gasteiger charge is -2.04. The zero-order valence-electron chi connectivity index (χ0n) is 12.6. The van der Waals surface area contributed by atoms with E-state index >= 15 is 0 Å². The Kier molecular flexibility index (Phi) is 3.72. The number of benzene rings is 1. The van der Waals surface area contributed by atoms with Crippen molar-refractivity contribution in [2.75, 3.05) is 4.72 Å². The molecule has 3 aromatic rings. The van der Waals surface area contributed by atoms with Crippen molar-refractivity contribution < 1.29 is 12.8 Å². The van der Waals surface area contributed by atoms with E-state index in [2.05, 4.69) is 14.9 Å². The maximum absolute atomic E-state index is 12.4. The lowest BCUT2D eigenvalue weighted by Crippen LogP contribution is -2.12. The molecule has 8 nitrogen and oxygen atoms in total. The Bertz CT molecular complexity index is 1030. The summed E-state index contributed by atoms with van der Waals surface area (Å²) in [7, 11) is -2.28. The molecule has 0 atom stereocenters. The summed E-state index contributed by atoms with van der Waals surface area (Å²) in [6.07, 6.45) is 0. The van der Waals surface area contributed by atoms with Crippen LogP contribution in [0.2, 0.25) is 0 Å². The Morgan fingerprint density at radius 1 is 1.30 bits per heavy atom. The molecule has 0 aliphatic heterocycles. The summed E-state index contributed by atoms with van der Waals surface area (Å²) in [5.41, 5.74) is 0.729. The molecule has 0 radical (unpaired) electrons. The average molecular weight is 354 g/mol. The van der Waals surface area contributed by atoms with Gasteiger partial charge in [0.05, 0.1) is 10.4 Å². The van der Waals surface area contributed by atoms with Crippen LogP contribution in [0.25, 0.3) is 11.1 Å². The van der Waals surface area contributed by atoms with Gasteiger partial charge in [-0.3, -0.25) is 9.29 Å². The van der Waals surface area contributed by atoms with Gasteiger partial charge in [-0.2, -0.15) is 0 Å². The molecule has 0 spiro atoms. The second kappa shape index (κ2) is 5.46. The first-order valence-electron chi connectivity index (χ1n) is 6.74.